The molecular formula is C17H26OSi. The van der Waals surface area contributed by atoms with E-state index >= 15 is 0 Å². The molecular weight excluding hydrogens is 248 g/mol. The van der Waals surface area contributed by atoms with E-state index in [0.29, 0.717) is 17.9 Å². The van der Waals surface area contributed by atoms with Crippen molar-refractivity contribution in [3.05, 3.63) is 48.6 Å². The van der Waals surface area contributed by atoms with E-state index in [9.17, 15) is 0 Å². The maximum atomic E-state index is 6.55. The predicted molar refractivity (Wildman–Crippen MR) is 84.9 cm³/mol. The lowest BCUT2D eigenvalue weighted by atomic mass is 10.1. The van der Waals surface area contributed by atoms with Crippen molar-refractivity contribution in [1.29, 1.82) is 0 Å². The van der Waals surface area contributed by atoms with Crippen molar-refractivity contribution in [3.63, 3.8) is 0 Å². The molecule has 3 atom stereocenters. The molecule has 1 saturated carbocycles. The van der Waals surface area contributed by atoms with Crippen LogP contribution >= 0.6 is 0 Å². The zero-order valence-corrected chi connectivity index (χ0v) is 13.8. The fourth-order valence-electron chi connectivity index (χ4n) is 2.34. The van der Waals surface area contributed by atoms with E-state index < -0.39 is 8.32 Å². The summed E-state index contributed by atoms with van der Waals surface area (Å²) in [6.07, 6.45) is 2.40. The summed E-state index contributed by atoms with van der Waals surface area (Å²) in [5.41, 5.74) is 1.39. The highest BCUT2D eigenvalue weighted by molar-refractivity contribution is 6.74. The molecule has 1 nitrogen and oxygen atoms in total. The van der Waals surface area contributed by atoms with Crippen molar-refractivity contribution in [3.8, 4) is 0 Å². The number of hydrogen-bond acceptors (Lipinski definition) is 1. The van der Waals surface area contributed by atoms with Crippen LogP contribution in [0.5, 0.6) is 0 Å². The van der Waals surface area contributed by atoms with Crippen LogP contribution in [-0.2, 0) is 4.43 Å². The van der Waals surface area contributed by atoms with Crippen LogP contribution in [0.2, 0.25) is 18.1 Å². The van der Waals surface area contributed by atoms with Crippen LogP contribution in [0.4, 0.5) is 0 Å². The van der Waals surface area contributed by atoms with Gasteiger partial charge in [-0.05, 0) is 23.7 Å². The van der Waals surface area contributed by atoms with Gasteiger partial charge in [0.1, 0.15) is 0 Å². The van der Waals surface area contributed by atoms with E-state index in [4.69, 9.17) is 4.43 Å². The van der Waals surface area contributed by atoms with Gasteiger partial charge in [0.25, 0.3) is 0 Å². The fraction of sp³-hybridized carbons (Fsp3) is 0.529. The number of hydrogen-bond donors (Lipinski definition) is 0. The first kappa shape index (κ1) is 14.5. The molecule has 0 N–H and O–H groups in total. The molecule has 1 fully saturated rings. The lowest BCUT2D eigenvalue weighted by Gasteiger charge is -2.36. The van der Waals surface area contributed by atoms with E-state index in [1.165, 1.54) is 5.56 Å². The lowest BCUT2D eigenvalue weighted by molar-refractivity contribution is 0.259. The zero-order chi connectivity index (χ0) is 14.3. The topological polar surface area (TPSA) is 9.23 Å². The van der Waals surface area contributed by atoms with Crippen LogP contribution in [0, 0.1) is 5.92 Å². The molecule has 2 rings (SSSR count). The van der Waals surface area contributed by atoms with Gasteiger partial charge >= 0.3 is 0 Å². The summed E-state index contributed by atoms with van der Waals surface area (Å²) >= 11 is 0. The molecule has 104 valence electrons. The SMILES string of the molecule is C=C[C@@H]1[C@H](O[Si](C)(C)C(C)(C)C)[C@H]1c1ccccc1. The predicted octanol–water partition coefficient (Wildman–Crippen LogP) is 4.98. The summed E-state index contributed by atoms with van der Waals surface area (Å²) in [6, 6.07) is 10.7. The van der Waals surface area contributed by atoms with Gasteiger partial charge in [0.05, 0.1) is 6.10 Å². The Kier molecular flexibility index (Phi) is 3.76. The Balaban J connectivity index is 2.13. The third-order valence-electron chi connectivity index (χ3n) is 4.70. The Morgan fingerprint density at radius 1 is 1.16 bits per heavy atom. The van der Waals surface area contributed by atoms with Gasteiger partial charge < -0.3 is 4.43 Å². The monoisotopic (exact) mass is 274 g/mol. The highest BCUT2D eigenvalue weighted by Gasteiger charge is 2.54. The highest BCUT2D eigenvalue weighted by Crippen LogP contribution is 2.53. The minimum atomic E-state index is -1.69. The van der Waals surface area contributed by atoms with E-state index in [2.05, 4.69) is 76.9 Å². The van der Waals surface area contributed by atoms with Crippen molar-refractivity contribution in [1.82, 2.24) is 0 Å². The Morgan fingerprint density at radius 2 is 1.74 bits per heavy atom. The third kappa shape index (κ3) is 2.85. The summed E-state index contributed by atoms with van der Waals surface area (Å²) in [5.74, 6) is 0.990. The van der Waals surface area contributed by atoms with E-state index in [1.54, 1.807) is 0 Å². The summed E-state index contributed by atoms with van der Waals surface area (Å²) < 4.78 is 6.55. The summed E-state index contributed by atoms with van der Waals surface area (Å²) in [6.45, 7) is 15.5. The van der Waals surface area contributed by atoms with Crippen LogP contribution < -0.4 is 0 Å². The van der Waals surface area contributed by atoms with Crippen molar-refractivity contribution in [2.24, 2.45) is 5.92 Å². The van der Waals surface area contributed by atoms with Crippen molar-refractivity contribution in [2.45, 2.75) is 50.9 Å². The average Bonchev–Trinajstić information content (AvgIpc) is 3.01. The fourth-order valence-corrected chi connectivity index (χ4v) is 3.68. The molecule has 1 aliphatic rings. The van der Waals surface area contributed by atoms with E-state index in [-0.39, 0.29) is 5.04 Å². The first-order valence-corrected chi connectivity index (χ1v) is 10.0. The van der Waals surface area contributed by atoms with E-state index in [1.807, 2.05) is 0 Å². The Bertz CT molecular complexity index is 444. The van der Waals surface area contributed by atoms with Crippen LogP contribution in [0.3, 0.4) is 0 Å². The molecule has 1 aliphatic carbocycles. The normalized spacial score (nSPS) is 27.1. The van der Waals surface area contributed by atoms with E-state index in [0.717, 1.165) is 0 Å². The quantitative estimate of drug-likeness (QED) is 0.556. The highest BCUT2D eigenvalue weighted by atomic mass is 28.4. The van der Waals surface area contributed by atoms with Crippen LogP contribution in [0.15, 0.2) is 43.0 Å². The zero-order valence-electron chi connectivity index (χ0n) is 12.8. The Morgan fingerprint density at radius 3 is 2.21 bits per heavy atom. The Hall–Kier alpha value is -0.863. The molecule has 0 aliphatic heterocycles. The molecule has 0 aromatic heterocycles. The van der Waals surface area contributed by atoms with Gasteiger partial charge in [0.15, 0.2) is 8.32 Å². The molecule has 2 heteroatoms. The lowest BCUT2D eigenvalue weighted by Crippen LogP contribution is -2.41. The summed E-state index contributed by atoms with van der Waals surface area (Å²) in [7, 11) is -1.69. The molecule has 0 bridgehead atoms. The second-order valence-electron chi connectivity index (χ2n) is 7.09. The molecule has 0 radical (unpaired) electrons. The van der Waals surface area contributed by atoms with Crippen molar-refractivity contribution >= 4 is 8.32 Å². The molecule has 19 heavy (non-hydrogen) atoms. The molecule has 0 saturated heterocycles. The van der Waals surface area contributed by atoms with Crippen molar-refractivity contribution in [2.75, 3.05) is 0 Å². The molecule has 0 heterocycles. The largest absolute Gasteiger partial charge is 0.413 e. The smallest absolute Gasteiger partial charge is 0.192 e. The standard InChI is InChI=1S/C17H26OSi/c1-7-14-15(13-11-9-8-10-12-13)16(14)18-19(5,6)17(2,3)4/h7-12,14-16H,1H2,2-6H3/t14-,15-,16-/m0/s1. The molecule has 0 unspecified atom stereocenters. The van der Waals surface area contributed by atoms with Gasteiger partial charge in [-0.25, -0.2) is 0 Å². The summed E-state index contributed by atoms with van der Waals surface area (Å²) in [5, 5.41) is 0.266. The maximum Gasteiger partial charge on any atom is 0.192 e. The first-order chi connectivity index (χ1) is 8.78. The van der Waals surface area contributed by atoms with Gasteiger partial charge in [0, 0.05) is 11.8 Å². The Labute approximate surface area is 118 Å². The molecule has 1 aromatic carbocycles. The van der Waals surface area contributed by atoms with Crippen LogP contribution in [0.1, 0.15) is 32.3 Å². The van der Waals surface area contributed by atoms with Gasteiger partial charge in [-0.1, -0.05) is 57.2 Å². The third-order valence-corrected chi connectivity index (χ3v) is 9.17. The molecule has 1 aromatic rings. The second-order valence-corrected chi connectivity index (χ2v) is 11.8. The van der Waals surface area contributed by atoms with Gasteiger partial charge in [0.2, 0.25) is 0 Å². The van der Waals surface area contributed by atoms with Gasteiger partial charge in [-0.2, -0.15) is 0 Å². The minimum Gasteiger partial charge on any atom is -0.413 e. The van der Waals surface area contributed by atoms with Crippen LogP contribution in [-0.4, -0.2) is 14.4 Å². The number of benzene rings is 1. The summed E-state index contributed by atoms with van der Waals surface area (Å²) in [4.78, 5) is 0. The van der Waals surface area contributed by atoms with Crippen molar-refractivity contribution < 1.29 is 4.43 Å². The maximum absolute atomic E-state index is 6.55. The first-order valence-electron chi connectivity index (χ1n) is 7.13. The van der Waals surface area contributed by atoms with Gasteiger partial charge in [-0.3, -0.25) is 0 Å². The second kappa shape index (κ2) is 4.91. The number of rotatable bonds is 4. The molecule has 0 spiro atoms. The minimum absolute atomic E-state index is 0.266. The van der Waals surface area contributed by atoms with Crippen LogP contribution in [0.25, 0.3) is 0 Å². The average molecular weight is 274 g/mol. The molecule has 0 amide bonds. The van der Waals surface area contributed by atoms with Gasteiger partial charge in [-0.15, -0.1) is 6.58 Å².